The van der Waals surface area contributed by atoms with Crippen molar-refractivity contribution in [2.24, 2.45) is 5.73 Å². The highest BCUT2D eigenvalue weighted by molar-refractivity contribution is 5.64. The zero-order valence-electron chi connectivity index (χ0n) is 9.21. The summed E-state index contributed by atoms with van der Waals surface area (Å²) in [4.78, 5) is 10.2. The topological polar surface area (TPSA) is 76.1 Å². The first kappa shape index (κ1) is 13.8. The molecule has 0 aliphatic rings. The number of primary amides is 1. The van der Waals surface area contributed by atoms with Gasteiger partial charge in [0.1, 0.15) is 0 Å². The third kappa shape index (κ3) is 12.8. The highest BCUT2D eigenvalue weighted by Crippen LogP contribution is 2.08. The summed E-state index contributed by atoms with van der Waals surface area (Å²) in [6.45, 7) is 0.434. The summed E-state index contributed by atoms with van der Waals surface area (Å²) >= 11 is 0. The number of amides is 1. The summed E-state index contributed by atoms with van der Waals surface area (Å²) in [5.41, 5.74) is 4.81. The largest absolute Gasteiger partial charge is 0.450 e. The second-order valence-electron chi connectivity index (χ2n) is 3.55. The minimum atomic E-state index is -0.688. The molecule has 4 heteroatoms. The second-order valence-corrected chi connectivity index (χ2v) is 3.55. The van der Waals surface area contributed by atoms with E-state index in [1.54, 1.807) is 0 Å². The zero-order valence-corrected chi connectivity index (χ0v) is 9.21. The molecule has 0 fully saturated rings. The molecular weight excluding hydrogens is 192 g/mol. The minimum Gasteiger partial charge on any atom is -0.450 e. The van der Waals surface area contributed by atoms with Crippen molar-refractivity contribution in [3.05, 3.63) is 0 Å². The van der Waals surface area contributed by atoms with Crippen LogP contribution in [0.2, 0.25) is 0 Å². The number of nitrogens with zero attached hydrogens (tertiary/aromatic N) is 1. The molecule has 0 unspecified atom stereocenters. The van der Waals surface area contributed by atoms with E-state index >= 15 is 0 Å². The van der Waals surface area contributed by atoms with Gasteiger partial charge in [0.05, 0.1) is 12.7 Å². The fourth-order valence-corrected chi connectivity index (χ4v) is 1.36. The lowest BCUT2D eigenvalue weighted by Gasteiger charge is -2.01. The van der Waals surface area contributed by atoms with Crippen molar-refractivity contribution in [1.82, 2.24) is 0 Å². The predicted octanol–water partition coefficient (Wildman–Crippen LogP) is 2.73. The summed E-state index contributed by atoms with van der Waals surface area (Å²) in [7, 11) is 0. The van der Waals surface area contributed by atoms with E-state index in [0.29, 0.717) is 13.0 Å². The van der Waals surface area contributed by atoms with Crippen LogP contribution < -0.4 is 5.73 Å². The van der Waals surface area contributed by atoms with Gasteiger partial charge in [0.15, 0.2) is 0 Å². The summed E-state index contributed by atoms with van der Waals surface area (Å²) in [6, 6.07) is 2.14. The van der Waals surface area contributed by atoms with E-state index in [1.165, 1.54) is 12.8 Å². The van der Waals surface area contributed by atoms with Gasteiger partial charge in [-0.25, -0.2) is 4.79 Å². The van der Waals surface area contributed by atoms with Crippen LogP contribution in [0.25, 0.3) is 0 Å². The van der Waals surface area contributed by atoms with Gasteiger partial charge in [-0.15, -0.1) is 0 Å². The Labute approximate surface area is 91.4 Å². The number of carbonyl (C=O) groups is 1. The smallest absolute Gasteiger partial charge is 0.404 e. The first-order valence-electron chi connectivity index (χ1n) is 5.56. The Morgan fingerprint density at radius 3 is 2.13 bits per heavy atom. The van der Waals surface area contributed by atoms with Crippen LogP contribution in [0, 0.1) is 11.3 Å². The first-order chi connectivity index (χ1) is 7.27. The monoisotopic (exact) mass is 212 g/mol. The molecule has 86 valence electrons. The Bertz CT molecular complexity index is 199. The number of ether oxygens (including phenoxy) is 1. The fraction of sp³-hybridized carbons (Fsp3) is 0.818. The number of hydrogen-bond donors (Lipinski definition) is 1. The van der Waals surface area contributed by atoms with Crippen LogP contribution >= 0.6 is 0 Å². The molecule has 0 saturated heterocycles. The average Bonchev–Trinajstić information content (AvgIpc) is 2.20. The molecule has 0 bridgehead atoms. The Morgan fingerprint density at radius 2 is 1.60 bits per heavy atom. The number of nitrogens with two attached hydrogens (primary N) is 1. The standard InChI is InChI=1S/C11H20N2O2/c12-9-7-5-3-1-2-4-6-8-10-15-11(13)14/h1-8,10H2,(H2,13,14). The maximum absolute atomic E-state index is 10.2. The molecule has 15 heavy (non-hydrogen) atoms. The van der Waals surface area contributed by atoms with Crippen molar-refractivity contribution in [3.8, 4) is 6.07 Å². The molecule has 0 aliphatic heterocycles. The van der Waals surface area contributed by atoms with Crippen LogP contribution in [0.3, 0.4) is 0 Å². The average molecular weight is 212 g/mol. The molecule has 0 radical (unpaired) electrons. The minimum absolute atomic E-state index is 0.434. The molecule has 0 saturated carbocycles. The second kappa shape index (κ2) is 10.8. The van der Waals surface area contributed by atoms with Gasteiger partial charge in [-0.1, -0.05) is 32.1 Å². The normalized spacial score (nSPS) is 9.53. The van der Waals surface area contributed by atoms with E-state index in [9.17, 15) is 4.79 Å². The van der Waals surface area contributed by atoms with Crippen molar-refractivity contribution < 1.29 is 9.53 Å². The van der Waals surface area contributed by atoms with Crippen LogP contribution in [0.15, 0.2) is 0 Å². The van der Waals surface area contributed by atoms with Crippen LogP contribution in [0.4, 0.5) is 4.79 Å². The molecule has 0 aliphatic carbocycles. The zero-order chi connectivity index (χ0) is 11.4. The number of rotatable bonds is 9. The summed E-state index contributed by atoms with van der Waals surface area (Å²) in [5, 5.41) is 8.31. The molecule has 0 rings (SSSR count). The van der Waals surface area contributed by atoms with Crippen molar-refractivity contribution in [3.63, 3.8) is 0 Å². The Balaban J connectivity index is 2.93. The van der Waals surface area contributed by atoms with Crippen molar-refractivity contribution in [2.75, 3.05) is 6.61 Å². The van der Waals surface area contributed by atoms with E-state index in [0.717, 1.165) is 32.1 Å². The fourth-order valence-electron chi connectivity index (χ4n) is 1.36. The van der Waals surface area contributed by atoms with E-state index in [4.69, 9.17) is 11.0 Å². The molecule has 2 N–H and O–H groups in total. The van der Waals surface area contributed by atoms with E-state index in [-0.39, 0.29) is 0 Å². The summed E-state index contributed by atoms with van der Waals surface area (Å²) in [6.07, 6.45) is 7.66. The van der Waals surface area contributed by atoms with E-state index in [2.05, 4.69) is 10.8 Å². The number of hydrogen-bond acceptors (Lipinski definition) is 3. The molecule has 0 atom stereocenters. The lowest BCUT2D eigenvalue weighted by Crippen LogP contribution is -2.13. The summed E-state index contributed by atoms with van der Waals surface area (Å²) in [5.74, 6) is 0. The van der Waals surface area contributed by atoms with Crippen LogP contribution in [0.5, 0.6) is 0 Å². The highest BCUT2D eigenvalue weighted by atomic mass is 16.5. The van der Waals surface area contributed by atoms with Crippen LogP contribution in [0.1, 0.15) is 51.4 Å². The molecule has 0 aromatic heterocycles. The molecule has 4 nitrogen and oxygen atoms in total. The molecule has 0 heterocycles. The van der Waals surface area contributed by atoms with Gasteiger partial charge in [0.2, 0.25) is 0 Å². The lowest BCUT2D eigenvalue weighted by atomic mass is 10.1. The molecule has 1 amide bonds. The number of carbonyl (C=O) groups excluding carboxylic acids is 1. The molecule has 0 aromatic rings. The molecular formula is C11H20N2O2. The van der Waals surface area contributed by atoms with Gasteiger partial charge in [-0.05, 0) is 12.8 Å². The molecule has 0 spiro atoms. The van der Waals surface area contributed by atoms with Crippen molar-refractivity contribution >= 4 is 6.09 Å². The molecule has 0 aromatic carbocycles. The third-order valence-electron chi connectivity index (χ3n) is 2.18. The third-order valence-corrected chi connectivity index (χ3v) is 2.18. The van der Waals surface area contributed by atoms with Gasteiger partial charge in [0.25, 0.3) is 0 Å². The maximum atomic E-state index is 10.2. The Hall–Kier alpha value is -1.24. The predicted molar refractivity (Wildman–Crippen MR) is 58.1 cm³/mol. The van der Waals surface area contributed by atoms with Crippen molar-refractivity contribution in [2.45, 2.75) is 51.4 Å². The van der Waals surface area contributed by atoms with E-state index in [1.807, 2.05) is 0 Å². The van der Waals surface area contributed by atoms with Crippen LogP contribution in [-0.4, -0.2) is 12.7 Å². The van der Waals surface area contributed by atoms with E-state index < -0.39 is 6.09 Å². The highest BCUT2D eigenvalue weighted by Gasteiger charge is 1.94. The number of unbranched alkanes of at least 4 members (excludes halogenated alkanes) is 7. The first-order valence-corrected chi connectivity index (χ1v) is 5.56. The van der Waals surface area contributed by atoms with Gasteiger partial charge < -0.3 is 10.5 Å². The SMILES string of the molecule is N#CCCCCCCCCCOC(N)=O. The van der Waals surface area contributed by atoms with Crippen molar-refractivity contribution in [1.29, 1.82) is 5.26 Å². The van der Waals surface area contributed by atoms with Gasteiger partial charge in [-0.3, -0.25) is 0 Å². The van der Waals surface area contributed by atoms with Gasteiger partial charge in [0, 0.05) is 6.42 Å². The van der Waals surface area contributed by atoms with Gasteiger partial charge >= 0.3 is 6.09 Å². The Morgan fingerprint density at radius 1 is 1.07 bits per heavy atom. The quantitative estimate of drug-likeness (QED) is 0.597. The maximum Gasteiger partial charge on any atom is 0.404 e. The van der Waals surface area contributed by atoms with Gasteiger partial charge in [-0.2, -0.15) is 5.26 Å². The summed E-state index contributed by atoms with van der Waals surface area (Å²) < 4.78 is 4.60. The number of nitriles is 1. The van der Waals surface area contributed by atoms with Crippen LogP contribution in [-0.2, 0) is 4.74 Å². The Kier molecular flexibility index (Phi) is 9.94. The lowest BCUT2D eigenvalue weighted by molar-refractivity contribution is 0.154.